The second kappa shape index (κ2) is 11.9. The molecular formula is C31H34N6OS. The van der Waals surface area contributed by atoms with Gasteiger partial charge in [-0.05, 0) is 79.6 Å². The SMILES string of the molecule is Cc1ccccc1C(C)(C)C(=O)NCc1ccc(-c2cnc3nc2NCCCNSc2cccc(c2)N3)cc1. The molecule has 2 heterocycles. The van der Waals surface area contributed by atoms with Crippen LogP contribution in [-0.2, 0) is 16.8 Å². The van der Waals surface area contributed by atoms with Gasteiger partial charge in [-0.1, -0.05) is 54.6 Å². The number of carbonyl (C=O) groups is 1. The van der Waals surface area contributed by atoms with E-state index in [-0.39, 0.29) is 5.91 Å². The summed E-state index contributed by atoms with van der Waals surface area (Å²) in [6.45, 7) is 8.11. The first-order valence-corrected chi connectivity index (χ1v) is 14.0. The number of aryl methyl sites for hydroxylation is 1. The van der Waals surface area contributed by atoms with Gasteiger partial charge in [0.1, 0.15) is 5.82 Å². The Morgan fingerprint density at radius 2 is 1.85 bits per heavy atom. The highest BCUT2D eigenvalue weighted by molar-refractivity contribution is 7.97. The third-order valence-electron chi connectivity index (χ3n) is 6.92. The van der Waals surface area contributed by atoms with Crippen molar-refractivity contribution in [2.45, 2.75) is 44.0 Å². The lowest BCUT2D eigenvalue weighted by molar-refractivity contribution is -0.125. The summed E-state index contributed by atoms with van der Waals surface area (Å²) in [6, 6.07) is 24.4. The molecule has 0 saturated heterocycles. The van der Waals surface area contributed by atoms with E-state index in [4.69, 9.17) is 4.98 Å². The number of nitrogens with zero attached hydrogens (tertiary/aromatic N) is 2. The van der Waals surface area contributed by atoms with Crippen molar-refractivity contribution in [3.8, 4) is 11.1 Å². The molecule has 1 aliphatic heterocycles. The normalized spacial score (nSPS) is 13.6. The van der Waals surface area contributed by atoms with Crippen molar-refractivity contribution in [3.05, 3.63) is 95.7 Å². The van der Waals surface area contributed by atoms with Crippen LogP contribution in [0.4, 0.5) is 17.5 Å². The number of benzene rings is 3. The zero-order chi connectivity index (χ0) is 27.2. The number of carbonyl (C=O) groups excluding carboxylic acids is 1. The van der Waals surface area contributed by atoms with Crippen LogP contribution < -0.4 is 20.7 Å². The molecule has 0 aliphatic carbocycles. The lowest BCUT2D eigenvalue weighted by Crippen LogP contribution is -2.40. The molecule has 5 rings (SSSR count). The molecule has 4 bridgehead atoms. The van der Waals surface area contributed by atoms with Crippen LogP contribution in [0.15, 0.2) is 83.9 Å². The lowest BCUT2D eigenvalue weighted by Gasteiger charge is -2.26. The van der Waals surface area contributed by atoms with Gasteiger partial charge in [0.2, 0.25) is 11.9 Å². The number of hydrogen-bond acceptors (Lipinski definition) is 7. The van der Waals surface area contributed by atoms with Gasteiger partial charge in [0.05, 0.1) is 5.41 Å². The lowest BCUT2D eigenvalue weighted by atomic mass is 9.81. The van der Waals surface area contributed by atoms with E-state index in [9.17, 15) is 4.79 Å². The Morgan fingerprint density at radius 3 is 2.67 bits per heavy atom. The molecule has 0 saturated carbocycles. The summed E-state index contributed by atoms with van der Waals surface area (Å²) in [5, 5.41) is 9.93. The van der Waals surface area contributed by atoms with E-state index in [0.29, 0.717) is 12.5 Å². The zero-order valence-corrected chi connectivity index (χ0v) is 23.4. The molecule has 39 heavy (non-hydrogen) atoms. The van der Waals surface area contributed by atoms with Crippen LogP contribution in [0.2, 0.25) is 0 Å². The molecule has 0 unspecified atom stereocenters. The van der Waals surface area contributed by atoms with Crippen LogP contribution in [0.3, 0.4) is 0 Å². The molecule has 8 heteroatoms. The fourth-order valence-corrected chi connectivity index (χ4v) is 5.40. The van der Waals surface area contributed by atoms with E-state index < -0.39 is 5.41 Å². The van der Waals surface area contributed by atoms with Gasteiger partial charge < -0.3 is 16.0 Å². The molecule has 4 aromatic rings. The summed E-state index contributed by atoms with van der Waals surface area (Å²) in [6.07, 6.45) is 2.81. The predicted octanol–water partition coefficient (Wildman–Crippen LogP) is 6.20. The molecule has 1 amide bonds. The number of hydrogen-bond donors (Lipinski definition) is 4. The van der Waals surface area contributed by atoms with E-state index in [1.165, 1.54) is 0 Å². The van der Waals surface area contributed by atoms with Crippen molar-refractivity contribution < 1.29 is 4.79 Å². The van der Waals surface area contributed by atoms with Crippen molar-refractivity contribution in [1.29, 1.82) is 0 Å². The first-order chi connectivity index (χ1) is 18.9. The van der Waals surface area contributed by atoms with Crippen LogP contribution in [0.25, 0.3) is 11.1 Å². The molecular weight excluding hydrogens is 504 g/mol. The summed E-state index contributed by atoms with van der Waals surface area (Å²) in [5.41, 5.74) is 5.46. The minimum Gasteiger partial charge on any atom is -0.369 e. The fourth-order valence-electron chi connectivity index (χ4n) is 4.66. The minimum absolute atomic E-state index is 0.00577. The highest BCUT2D eigenvalue weighted by Crippen LogP contribution is 2.30. The summed E-state index contributed by atoms with van der Waals surface area (Å²) < 4.78 is 3.42. The molecule has 0 spiro atoms. The van der Waals surface area contributed by atoms with Crippen LogP contribution in [0, 0.1) is 6.92 Å². The van der Waals surface area contributed by atoms with Crippen molar-refractivity contribution in [2.24, 2.45) is 0 Å². The largest absolute Gasteiger partial charge is 0.369 e. The molecule has 0 atom stereocenters. The van der Waals surface area contributed by atoms with Gasteiger partial charge in [-0.25, -0.2) is 4.98 Å². The van der Waals surface area contributed by atoms with Gasteiger partial charge in [-0.15, -0.1) is 0 Å². The quantitative estimate of drug-likeness (QED) is 0.225. The van der Waals surface area contributed by atoms with Crippen LogP contribution in [0.5, 0.6) is 0 Å². The number of nitrogens with one attached hydrogen (secondary N) is 4. The smallest absolute Gasteiger partial charge is 0.230 e. The molecule has 200 valence electrons. The van der Waals surface area contributed by atoms with Gasteiger partial charge in [0.15, 0.2) is 0 Å². The standard InChI is InChI=1S/C31H34N6OS/c1-21-8-4-5-11-27(21)31(2,3)29(38)33-19-22-12-14-23(15-13-22)26-20-34-30-36-24-9-6-10-25(18-24)39-35-17-7-16-32-28(26)37-30/h4-6,8-15,18,20,35H,7,16-17,19H2,1-3H3,(H,33,38)(H2,32,34,36,37). The predicted molar refractivity (Wildman–Crippen MR) is 160 cm³/mol. The van der Waals surface area contributed by atoms with Crippen LogP contribution in [-0.4, -0.2) is 29.0 Å². The van der Waals surface area contributed by atoms with E-state index in [2.05, 4.69) is 49.9 Å². The molecule has 0 radical (unpaired) electrons. The Balaban J connectivity index is 1.30. The van der Waals surface area contributed by atoms with Gasteiger partial charge in [-0.2, -0.15) is 4.98 Å². The molecule has 4 N–H and O–H groups in total. The first kappa shape index (κ1) is 26.7. The monoisotopic (exact) mass is 538 g/mol. The maximum Gasteiger partial charge on any atom is 0.230 e. The Morgan fingerprint density at radius 1 is 1.03 bits per heavy atom. The van der Waals surface area contributed by atoms with Gasteiger partial charge >= 0.3 is 0 Å². The van der Waals surface area contributed by atoms with E-state index in [0.717, 1.165) is 63.7 Å². The average molecular weight is 539 g/mol. The third-order valence-corrected chi connectivity index (χ3v) is 7.76. The Bertz CT molecular complexity index is 1450. The summed E-state index contributed by atoms with van der Waals surface area (Å²) in [4.78, 5) is 23.6. The van der Waals surface area contributed by atoms with Gasteiger partial charge in [0, 0.05) is 42.0 Å². The number of amides is 1. The van der Waals surface area contributed by atoms with Gasteiger partial charge in [-0.3, -0.25) is 9.52 Å². The first-order valence-electron chi connectivity index (χ1n) is 13.2. The second-order valence-electron chi connectivity index (χ2n) is 10.2. The van der Waals surface area contributed by atoms with E-state index >= 15 is 0 Å². The summed E-state index contributed by atoms with van der Waals surface area (Å²) in [7, 11) is 0. The third kappa shape index (κ3) is 6.41. The van der Waals surface area contributed by atoms with Crippen molar-refractivity contribution in [3.63, 3.8) is 0 Å². The Hall–Kier alpha value is -3.88. The number of fused-ring (bicyclic) bond motifs is 4. The van der Waals surface area contributed by atoms with E-state index in [1.807, 2.05) is 75.5 Å². The van der Waals surface area contributed by atoms with Crippen molar-refractivity contribution in [2.75, 3.05) is 23.7 Å². The highest BCUT2D eigenvalue weighted by atomic mass is 32.2. The second-order valence-corrected chi connectivity index (χ2v) is 11.2. The maximum absolute atomic E-state index is 13.1. The van der Waals surface area contributed by atoms with Crippen LogP contribution in [0.1, 0.15) is 37.0 Å². The van der Waals surface area contributed by atoms with Gasteiger partial charge in [0.25, 0.3) is 0 Å². The number of aromatic nitrogens is 2. The van der Waals surface area contributed by atoms with Crippen LogP contribution >= 0.6 is 11.9 Å². The number of rotatable bonds is 5. The molecule has 0 fully saturated rings. The zero-order valence-electron chi connectivity index (χ0n) is 22.5. The topological polar surface area (TPSA) is 91.0 Å². The Kier molecular flexibility index (Phi) is 8.14. The average Bonchev–Trinajstić information content (AvgIpc) is 2.95. The van der Waals surface area contributed by atoms with Crippen molar-refractivity contribution >= 4 is 35.3 Å². The summed E-state index contributed by atoms with van der Waals surface area (Å²) >= 11 is 1.63. The fraction of sp³-hybridized carbons (Fsp3) is 0.258. The summed E-state index contributed by atoms with van der Waals surface area (Å²) in [5.74, 6) is 1.34. The van der Waals surface area contributed by atoms with Crippen molar-refractivity contribution in [1.82, 2.24) is 20.0 Å². The van der Waals surface area contributed by atoms with E-state index in [1.54, 1.807) is 11.9 Å². The molecule has 1 aromatic heterocycles. The Labute approximate surface area is 234 Å². The number of anilines is 3. The highest BCUT2D eigenvalue weighted by Gasteiger charge is 2.30. The minimum atomic E-state index is -0.617. The molecule has 1 aliphatic rings. The maximum atomic E-state index is 13.1. The molecule has 3 aromatic carbocycles. The molecule has 7 nitrogen and oxygen atoms in total.